The number of alkyl halides is 3. The average molecular weight is 382 g/mol. The maximum Gasteiger partial charge on any atom is 0.417 e. The van der Waals surface area contributed by atoms with Gasteiger partial charge in [-0.05, 0) is 35.4 Å². The molecule has 142 valence electrons. The topological polar surface area (TPSA) is 24.7 Å². The van der Waals surface area contributed by atoms with Crippen molar-refractivity contribution in [1.29, 1.82) is 0 Å². The van der Waals surface area contributed by atoms with Gasteiger partial charge in [0.15, 0.2) is 0 Å². The van der Waals surface area contributed by atoms with E-state index in [1.54, 1.807) is 6.07 Å². The average Bonchev–Trinajstić information content (AvgIpc) is 2.95. The predicted molar refractivity (Wildman–Crippen MR) is 105 cm³/mol. The number of hydrogen-bond acceptors (Lipinski definition) is 2. The van der Waals surface area contributed by atoms with Gasteiger partial charge in [-0.15, -0.1) is 0 Å². The molecular weight excluding hydrogens is 363 g/mol. The molecule has 0 aliphatic carbocycles. The third-order valence-electron chi connectivity index (χ3n) is 5.13. The number of fused-ring (bicyclic) bond motifs is 1. The Morgan fingerprint density at radius 1 is 0.786 bits per heavy atom. The molecule has 6 heteroatoms. The minimum absolute atomic E-state index is 0.0297. The van der Waals surface area contributed by atoms with Crippen molar-refractivity contribution in [1.82, 2.24) is 0 Å². The third-order valence-corrected chi connectivity index (χ3v) is 5.13. The molecule has 0 aromatic heterocycles. The highest BCUT2D eigenvalue weighted by atomic mass is 19.4. The molecule has 0 saturated carbocycles. The van der Waals surface area contributed by atoms with E-state index in [4.69, 9.17) is 0 Å². The van der Waals surface area contributed by atoms with Crippen LogP contribution in [-0.2, 0) is 6.18 Å². The predicted octanol–water partition coefficient (Wildman–Crippen LogP) is 5.37. The van der Waals surface area contributed by atoms with Crippen molar-refractivity contribution in [2.45, 2.75) is 13.1 Å². The molecule has 1 aliphatic heterocycles. The van der Waals surface area contributed by atoms with Crippen molar-refractivity contribution >= 4 is 22.4 Å². The van der Waals surface area contributed by atoms with Gasteiger partial charge < -0.3 is 0 Å². The highest BCUT2D eigenvalue weighted by molar-refractivity contribution is 6.15. The van der Waals surface area contributed by atoms with E-state index >= 15 is 0 Å². The number of benzene rings is 3. The van der Waals surface area contributed by atoms with Crippen LogP contribution in [0.5, 0.6) is 0 Å². The summed E-state index contributed by atoms with van der Waals surface area (Å²) in [6.07, 6.45) is -4.46. The highest BCUT2D eigenvalue weighted by Gasteiger charge is 2.44. The number of rotatable bonds is 2. The lowest BCUT2D eigenvalue weighted by Crippen LogP contribution is -2.49. The van der Waals surface area contributed by atoms with Gasteiger partial charge >= 0.3 is 6.18 Å². The van der Waals surface area contributed by atoms with Crippen molar-refractivity contribution in [3.05, 3.63) is 82.9 Å². The zero-order chi connectivity index (χ0) is 20.1. The van der Waals surface area contributed by atoms with Crippen molar-refractivity contribution in [2.75, 3.05) is 14.1 Å². The molecule has 0 bridgehead atoms. The molecule has 1 aliphatic rings. The minimum Gasteiger partial charge on any atom is -0.227 e. The van der Waals surface area contributed by atoms with Crippen molar-refractivity contribution in [3.63, 3.8) is 0 Å². The van der Waals surface area contributed by atoms with E-state index in [-0.39, 0.29) is 15.9 Å². The van der Waals surface area contributed by atoms with Crippen LogP contribution in [0.15, 0.2) is 70.9 Å². The Hall–Kier alpha value is -2.99. The van der Waals surface area contributed by atoms with Crippen LogP contribution in [0, 0.1) is 6.92 Å². The zero-order valence-corrected chi connectivity index (χ0v) is 15.7. The molecule has 0 atom stereocenters. The second-order valence-electron chi connectivity index (χ2n) is 7.32. The van der Waals surface area contributed by atoms with Crippen molar-refractivity contribution in [3.8, 4) is 0 Å². The molecule has 0 radical (unpaired) electrons. The summed E-state index contributed by atoms with van der Waals surface area (Å²) in [6, 6.07) is 17.5. The summed E-state index contributed by atoms with van der Waals surface area (Å²) in [5, 5.41) is 10.6. The molecule has 0 amide bonds. The molecule has 3 nitrogen and oxygen atoms in total. The minimum atomic E-state index is -4.46. The second-order valence-corrected chi connectivity index (χ2v) is 7.32. The van der Waals surface area contributed by atoms with Gasteiger partial charge in [-0.25, -0.2) is 4.48 Å². The Kier molecular flexibility index (Phi) is 4.12. The van der Waals surface area contributed by atoms with Crippen LogP contribution in [0.3, 0.4) is 0 Å². The Morgan fingerprint density at radius 2 is 1.43 bits per heavy atom. The fourth-order valence-corrected chi connectivity index (χ4v) is 3.71. The Morgan fingerprint density at radius 3 is 2.18 bits per heavy atom. The lowest BCUT2D eigenvalue weighted by molar-refractivity contribution is -0.695. The lowest BCUT2D eigenvalue weighted by Gasteiger charge is -2.28. The first-order valence-electron chi connectivity index (χ1n) is 8.87. The van der Waals surface area contributed by atoms with Crippen molar-refractivity contribution in [2.24, 2.45) is 10.2 Å². The molecule has 3 aromatic rings. The fraction of sp³-hybridized carbons (Fsp3) is 0.182. The van der Waals surface area contributed by atoms with Crippen LogP contribution < -0.4 is 0 Å². The van der Waals surface area contributed by atoms with Gasteiger partial charge in [-0.3, -0.25) is 0 Å². The lowest BCUT2D eigenvalue weighted by atomic mass is 9.97. The monoisotopic (exact) mass is 382 g/mol. The number of nitrogens with zero attached hydrogens (tertiary/aromatic N) is 3. The highest BCUT2D eigenvalue weighted by Crippen LogP contribution is 2.35. The Bertz CT molecular complexity index is 1140. The molecule has 3 aromatic carbocycles. The molecule has 1 heterocycles. The van der Waals surface area contributed by atoms with Crippen LogP contribution in [0.25, 0.3) is 10.8 Å². The number of quaternary nitrogens is 1. The van der Waals surface area contributed by atoms with E-state index in [2.05, 4.69) is 10.2 Å². The molecule has 0 N–H and O–H groups in total. The normalized spacial score (nSPS) is 16.2. The quantitative estimate of drug-likeness (QED) is 0.533. The number of hydrogen-bond donors (Lipinski definition) is 0. The van der Waals surface area contributed by atoms with E-state index in [0.29, 0.717) is 5.84 Å². The van der Waals surface area contributed by atoms with Gasteiger partial charge in [-0.1, -0.05) is 58.7 Å². The first kappa shape index (κ1) is 18.4. The zero-order valence-electron chi connectivity index (χ0n) is 15.7. The summed E-state index contributed by atoms with van der Waals surface area (Å²) in [7, 11) is 3.64. The summed E-state index contributed by atoms with van der Waals surface area (Å²) in [5.74, 6) is 0.900. The first-order valence-corrected chi connectivity index (χ1v) is 8.87. The summed E-state index contributed by atoms with van der Waals surface area (Å²) in [5.41, 5.74) is 1.26. The molecule has 28 heavy (non-hydrogen) atoms. The van der Waals surface area contributed by atoms with Crippen LogP contribution in [0.4, 0.5) is 13.2 Å². The van der Waals surface area contributed by atoms with Crippen LogP contribution in [0.2, 0.25) is 0 Å². The maximum atomic E-state index is 13.5. The largest absolute Gasteiger partial charge is 0.417 e. The molecule has 0 fully saturated rings. The van der Waals surface area contributed by atoms with E-state index in [1.807, 2.05) is 57.4 Å². The van der Waals surface area contributed by atoms with Crippen LogP contribution in [-0.4, -0.2) is 30.2 Å². The SMILES string of the molecule is Cc1ccc2ccccc2c1C1=NN=C(c2ccccc2C(F)(F)F)[N+]1(C)C. The Balaban J connectivity index is 1.87. The van der Waals surface area contributed by atoms with Crippen LogP contribution >= 0.6 is 0 Å². The number of amidine groups is 2. The van der Waals surface area contributed by atoms with Gasteiger partial charge in [0.25, 0.3) is 11.7 Å². The van der Waals surface area contributed by atoms with Crippen LogP contribution in [0.1, 0.15) is 22.3 Å². The number of aryl methyl sites for hydroxylation is 1. The van der Waals surface area contributed by atoms with E-state index in [0.717, 1.165) is 28.0 Å². The van der Waals surface area contributed by atoms with Gasteiger partial charge in [0.1, 0.15) is 0 Å². The Labute approximate surface area is 161 Å². The third kappa shape index (κ3) is 2.81. The summed E-state index contributed by atoms with van der Waals surface area (Å²) in [4.78, 5) is 0. The van der Waals surface area contributed by atoms with E-state index in [9.17, 15) is 13.2 Å². The van der Waals surface area contributed by atoms with E-state index in [1.165, 1.54) is 12.1 Å². The molecule has 0 saturated heterocycles. The first-order chi connectivity index (χ1) is 13.2. The fourth-order valence-electron chi connectivity index (χ4n) is 3.71. The summed E-state index contributed by atoms with van der Waals surface area (Å²) < 4.78 is 40.7. The molecule has 0 spiro atoms. The maximum absolute atomic E-state index is 13.5. The smallest absolute Gasteiger partial charge is 0.227 e. The van der Waals surface area contributed by atoms with Gasteiger partial charge in [-0.2, -0.15) is 13.2 Å². The molecule has 4 rings (SSSR count). The van der Waals surface area contributed by atoms with Gasteiger partial charge in [0.05, 0.1) is 30.8 Å². The number of halogens is 3. The molecule has 0 unspecified atom stereocenters. The summed E-state index contributed by atoms with van der Waals surface area (Å²) in [6.45, 7) is 1.98. The van der Waals surface area contributed by atoms with E-state index < -0.39 is 11.7 Å². The van der Waals surface area contributed by atoms with Gasteiger partial charge in [0.2, 0.25) is 0 Å². The summed E-state index contributed by atoms with van der Waals surface area (Å²) >= 11 is 0. The van der Waals surface area contributed by atoms with Gasteiger partial charge in [0, 0.05) is 0 Å². The standard InChI is InChI=1S/C22H19F3N3/c1-14-12-13-15-8-4-5-9-16(15)19(14)21-27-26-20(28(21,2)3)17-10-6-7-11-18(17)22(23,24)25/h4-13H,1-3H3/q+1. The molecular formula is C22H19F3N3+. The second kappa shape index (κ2) is 6.27. The van der Waals surface area contributed by atoms with Crippen molar-refractivity contribution < 1.29 is 17.7 Å².